The maximum absolute atomic E-state index is 1.63. The first-order valence-electron chi connectivity index (χ1n) is 3.92. The van der Waals surface area contributed by atoms with Crippen molar-refractivity contribution >= 4 is 0 Å². The van der Waals surface area contributed by atoms with Crippen molar-refractivity contribution in [1.29, 1.82) is 0 Å². The van der Waals surface area contributed by atoms with E-state index in [1.165, 1.54) is 11.8 Å². The van der Waals surface area contributed by atoms with Gasteiger partial charge in [-0.05, 0) is 48.3 Å². The third-order valence-electron chi connectivity index (χ3n) is 4.84. The van der Waals surface area contributed by atoms with E-state index in [9.17, 15) is 0 Å². The maximum Gasteiger partial charge on any atom is -0.0170 e. The van der Waals surface area contributed by atoms with Crippen molar-refractivity contribution in [2.24, 2.45) is 22.7 Å². The van der Waals surface area contributed by atoms with Crippen LogP contribution in [0.4, 0.5) is 0 Å². The molecule has 0 aromatic rings. The molecule has 42 valence electrons. The molecule has 2 spiro atoms. The van der Waals surface area contributed by atoms with Crippen LogP contribution in [0.5, 0.6) is 0 Å². The van der Waals surface area contributed by atoms with Crippen molar-refractivity contribution in [3.8, 4) is 0 Å². The van der Waals surface area contributed by atoms with E-state index in [2.05, 4.69) is 0 Å². The van der Waals surface area contributed by atoms with Crippen LogP contribution in [-0.2, 0) is 0 Å². The lowest BCUT2D eigenvalue weighted by atomic mass is 9.73. The minimum atomic E-state index is 1.04. The molecule has 0 radical (unpaired) electrons. The van der Waals surface area contributed by atoms with Crippen LogP contribution in [0.1, 0.15) is 25.7 Å². The minimum Gasteiger partial charge on any atom is -0.0490 e. The summed E-state index contributed by atoms with van der Waals surface area (Å²) in [4.78, 5) is 0. The van der Waals surface area contributed by atoms with Crippen molar-refractivity contribution < 1.29 is 0 Å². The summed E-state index contributed by atoms with van der Waals surface area (Å²) in [6, 6.07) is 0. The molecule has 0 aromatic heterocycles. The highest BCUT2D eigenvalue weighted by Crippen LogP contribution is 3.06. The fourth-order valence-corrected chi connectivity index (χ4v) is 4.49. The van der Waals surface area contributed by atoms with Gasteiger partial charge in [0, 0.05) is 0 Å². The van der Waals surface area contributed by atoms with E-state index in [0.717, 1.165) is 10.8 Å². The molecule has 0 N–H and O–H groups in total. The Kier molecular flexibility index (Phi) is 0.211. The zero-order valence-corrected chi connectivity index (χ0v) is 4.98. The van der Waals surface area contributed by atoms with Crippen LogP contribution in [0.3, 0.4) is 0 Å². The molecule has 4 atom stereocenters. The lowest BCUT2D eigenvalue weighted by molar-refractivity contribution is 0.173. The Balaban J connectivity index is 2.09. The predicted octanol–water partition coefficient (Wildman–Crippen LogP) is 1.81. The third-order valence-corrected chi connectivity index (χ3v) is 4.84. The average Bonchev–Trinajstić information content (AvgIpc) is 2.38. The topological polar surface area (TPSA) is 0 Å². The lowest BCUT2D eigenvalue weighted by Crippen LogP contribution is -2.23. The van der Waals surface area contributed by atoms with E-state index in [4.69, 9.17) is 0 Å². The Bertz CT molecular complexity index is 186. The van der Waals surface area contributed by atoms with E-state index in [1.807, 2.05) is 0 Å². The molecule has 0 heterocycles. The largest absolute Gasteiger partial charge is 0.0490 e. The normalized spacial score (nSPS) is 87.0. The average molecular weight is 106 g/mol. The fourth-order valence-electron chi connectivity index (χ4n) is 4.49. The smallest absolute Gasteiger partial charge is 0.0170 e. The van der Waals surface area contributed by atoms with Crippen molar-refractivity contribution in [3.05, 3.63) is 0 Å². The highest BCUT2D eigenvalue weighted by atomic mass is 15.0. The molecule has 0 aliphatic heterocycles. The Morgan fingerprint density at radius 2 is 2.12 bits per heavy atom. The summed E-state index contributed by atoms with van der Waals surface area (Å²) < 4.78 is 0. The Morgan fingerprint density at radius 1 is 1.12 bits per heavy atom. The summed E-state index contributed by atoms with van der Waals surface area (Å²) in [5.41, 5.74) is 2.10. The Morgan fingerprint density at radius 3 is 2.38 bits per heavy atom. The number of rotatable bonds is 0. The second-order valence-electron chi connectivity index (χ2n) is 4.32. The van der Waals surface area contributed by atoms with Gasteiger partial charge in [-0.25, -0.2) is 0 Å². The van der Waals surface area contributed by atoms with Gasteiger partial charge >= 0.3 is 0 Å². The van der Waals surface area contributed by atoms with Crippen molar-refractivity contribution in [2.45, 2.75) is 25.7 Å². The summed E-state index contributed by atoms with van der Waals surface area (Å²) in [6.07, 6.45) is 6.49. The summed E-state index contributed by atoms with van der Waals surface area (Å²) in [7, 11) is 0. The highest BCUT2D eigenvalue weighted by Gasteiger charge is 3.00. The Hall–Kier alpha value is 0. The van der Waals surface area contributed by atoms with E-state index in [1.54, 1.807) is 25.7 Å². The number of hydrogen-bond donors (Lipinski definition) is 0. The van der Waals surface area contributed by atoms with Gasteiger partial charge in [0.05, 0.1) is 0 Å². The summed E-state index contributed by atoms with van der Waals surface area (Å²) in [5, 5.41) is 0. The summed E-state index contributed by atoms with van der Waals surface area (Å²) in [5.74, 6) is 2.58. The van der Waals surface area contributed by atoms with Crippen molar-refractivity contribution in [3.63, 3.8) is 0 Å². The second kappa shape index (κ2) is 0.521. The first-order valence-corrected chi connectivity index (χ1v) is 3.92. The molecular weight excluding hydrogens is 96.1 g/mol. The van der Waals surface area contributed by atoms with Crippen LogP contribution in [0, 0.1) is 22.7 Å². The van der Waals surface area contributed by atoms with Gasteiger partial charge in [-0.2, -0.15) is 0 Å². The van der Waals surface area contributed by atoms with Crippen LogP contribution < -0.4 is 0 Å². The molecule has 5 rings (SSSR count). The molecule has 5 fully saturated rings. The molecule has 0 nitrogen and oxygen atoms in total. The third kappa shape index (κ3) is 0.0938. The molecule has 5 saturated carbocycles. The van der Waals surface area contributed by atoms with Crippen LogP contribution in [0.25, 0.3) is 0 Å². The van der Waals surface area contributed by atoms with Gasteiger partial charge in [-0.1, -0.05) is 0 Å². The molecule has 0 amide bonds. The monoisotopic (exact) mass is 106 g/mol. The summed E-state index contributed by atoms with van der Waals surface area (Å²) >= 11 is 0. The van der Waals surface area contributed by atoms with Crippen LogP contribution in [0.15, 0.2) is 0 Å². The number of fused-ring (bicyclic) bond motifs is 1. The molecule has 0 aromatic carbocycles. The SMILES string of the molecule is C1C[C@@]23CC[C@@]24C1C34. The zero-order chi connectivity index (χ0) is 4.98. The molecule has 5 aliphatic carbocycles. The van der Waals surface area contributed by atoms with Crippen LogP contribution in [-0.4, -0.2) is 0 Å². The van der Waals surface area contributed by atoms with E-state index < -0.39 is 0 Å². The first-order chi connectivity index (χ1) is 3.92. The molecule has 2 unspecified atom stereocenters. The quantitative estimate of drug-likeness (QED) is 0.441. The molecule has 5 aliphatic rings. The highest BCUT2D eigenvalue weighted by molar-refractivity contribution is 5.48. The van der Waals surface area contributed by atoms with E-state index in [-0.39, 0.29) is 0 Å². The standard InChI is InChI=1S/C8H10/c1-2-7-3-4-8(7)5(1)6(7)8/h5-6H,1-4H2/t5?,6?,7-,8-/m0/s1. The van der Waals surface area contributed by atoms with Crippen molar-refractivity contribution in [1.82, 2.24) is 0 Å². The van der Waals surface area contributed by atoms with Gasteiger partial charge < -0.3 is 0 Å². The van der Waals surface area contributed by atoms with Gasteiger partial charge in [0.2, 0.25) is 0 Å². The lowest BCUT2D eigenvalue weighted by Gasteiger charge is -2.31. The van der Waals surface area contributed by atoms with Gasteiger partial charge in [0.1, 0.15) is 0 Å². The van der Waals surface area contributed by atoms with Gasteiger partial charge in [-0.3, -0.25) is 0 Å². The van der Waals surface area contributed by atoms with Gasteiger partial charge in [-0.15, -0.1) is 0 Å². The van der Waals surface area contributed by atoms with E-state index in [0.29, 0.717) is 0 Å². The van der Waals surface area contributed by atoms with Crippen molar-refractivity contribution in [2.75, 3.05) is 0 Å². The summed E-state index contributed by atoms with van der Waals surface area (Å²) in [6.45, 7) is 0. The fraction of sp³-hybridized carbons (Fsp3) is 1.00. The van der Waals surface area contributed by atoms with Gasteiger partial charge in [0.15, 0.2) is 0 Å². The van der Waals surface area contributed by atoms with Crippen LogP contribution in [0.2, 0.25) is 0 Å². The van der Waals surface area contributed by atoms with Crippen LogP contribution >= 0.6 is 0 Å². The minimum absolute atomic E-state index is 1.04. The van der Waals surface area contributed by atoms with Gasteiger partial charge in [0.25, 0.3) is 0 Å². The molecule has 2 bridgehead atoms. The molecular formula is C8H10. The first kappa shape index (κ1) is 3.24. The predicted molar refractivity (Wildman–Crippen MR) is 30.3 cm³/mol. The Labute approximate surface area is 49.3 Å². The zero-order valence-electron chi connectivity index (χ0n) is 4.98. The molecule has 0 heteroatoms. The maximum atomic E-state index is 1.63. The molecule has 8 heavy (non-hydrogen) atoms. The molecule has 0 saturated heterocycles. The second-order valence-corrected chi connectivity index (χ2v) is 4.32. The number of hydrogen-bond acceptors (Lipinski definition) is 0. The van der Waals surface area contributed by atoms with E-state index >= 15 is 0 Å².